The Kier molecular flexibility index (Phi) is 2.58. The molecule has 0 amide bonds. The van der Waals surface area contributed by atoms with E-state index in [0.717, 1.165) is 4.46 Å². The summed E-state index contributed by atoms with van der Waals surface area (Å²) in [7, 11) is 0. The Balaban J connectivity index is 2.94. The van der Waals surface area contributed by atoms with Crippen molar-refractivity contribution in [3.05, 3.63) is 24.3 Å². The summed E-state index contributed by atoms with van der Waals surface area (Å²) in [5.74, 6) is 0.342. The zero-order chi connectivity index (χ0) is 6.69. The van der Waals surface area contributed by atoms with Crippen molar-refractivity contribution in [3.8, 4) is 5.75 Å². The van der Waals surface area contributed by atoms with Gasteiger partial charge in [0.2, 0.25) is 0 Å². The van der Waals surface area contributed by atoms with Crippen LogP contribution in [0.4, 0.5) is 0 Å². The van der Waals surface area contributed by atoms with E-state index in [2.05, 4.69) is 14.1 Å². The molecule has 0 radical (unpaired) electrons. The Morgan fingerprint density at radius 2 is 2.22 bits per heavy atom. The fourth-order valence-electron chi connectivity index (χ4n) is 0.532. The Morgan fingerprint density at radius 1 is 1.44 bits per heavy atom. The number of benzene rings is 1. The normalized spacial score (nSPS) is 9.44. The molecular weight excluding hydrogens is 247 g/mol. The molecule has 1 nitrogen and oxygen atoms in total. The Hall–Kier alpha value is 0.0195. The minimum absolute atomic E-state index is 0.311. The van der Waals surface area contributed by atoms with Crippen LogP contribution < -0.4 is 4.46 Å². The van der Waals surface area contributed by atoms with Crippen LogP contribution in [-0.2, 0) is 0 Å². The summed E-state index contributed by atoms with van der Waals surface area (Å²) >= 11 is 3.65. The van der Waals surface area contributed by atoms with Crippen molar-refractivity contribution in [2.75, 3.05) is 0 Å². The third-order valence-electron chi connectivity index (χ3n) is 0.907. The Labute approximate surface area is 66.9 Å². The summed E-state index contributed by atoms with van der Waals surface area (Å²) in [6.07, 6.45) is 0. The number of phenolic OH excluding ortho intramolecular Hbond substituents is 1. The van der Waals surface area contributed by atoms with Gasteiger partial charge in [-0.2, -0.15) is 0 Å². The van der Waals surface area contributed by atoms with Crippen LogP contribution in [0.25, 0.3) is 0 Å². The van der Waals surface area contributed by atoms with E-state index >= 15 is 0 Å². The topological polar surface area (TPSA) is 20.2 Å². The van der Waals surface area contributed by atoms with E-state index in [1.165, 1.54) is 0 Å². The second-order valence-electron chi connectivity index (χ2n) is 1.57. The van der Waals surface area contributed by atoms with Crippen LogP contribution >= 0.6 is 14.1 Å². The maximum atomic E-state index is 8.93. The zero-order valence-corrected chi connectivity index (χ0v) is 7.84. The van der Waals surface area contributed by atoms with Gasteiger partial charge in [-0.25, -0.2) is 0 Å². The van der Waals surface area contributed by atoms with Crippen molar-refractivity contribution in [2.45, 2.75) is 0 Å². The molecule has 1 rings (SSSR count). The van der Waals surface area contributed by atoms with Crippen molar-refractivity contribution in [1.82, 2.24) is 0 Å². The fraction of sp³-hybridized carbons (Fsp3) is 0. The van der Waals surface area contributed by atoms with Crippen LogP contribution in [0.5, 0.6) is 5.75 Å². The van der Waals surface area contributed by atoms with Crippen molar-refractivity contribution < 1.29 is 5.11 Å². The Bertz CT molecular complexity index is 202. The molecule has 0 saturated carbocycles. The molecule has 3 heteroatoms. The van der Waals surface area contributed by atoms with Gasteiger partial charge in [0.1, 0.15) is 0 Å². The molecule has 0 unspecified atom stereocenters. The van der Waals surface area contributed by atoms with Crippen molar-refractivity contribution in [3.63, 3.8) is 0 Å². The molecule has 1 aromatic rings. The predicted octanol–water partition coefficient (Wildman–Crippen LogP) is 1.03. The van der Waals surface area contributed by atoms with Crippen LogP contribution in [0, 0.1) is 0 Å². The summed E-state index contributed by atoms with van der Waals surface area (Å²) in [5, 5.41) is 8.93. The van der Waals surface area contributed by atoms with Crippen molar-refractivity contribution >= 4 is 31.7 Å². The molecule has 0 fully saturated rings. The molecule has 0 atom stereocenters. The number of phenols is 1. The number of rotatable bonds is 1. The molecule has 0 aliphatic heterocycles. The molecular formula is C6H5BrOSe. The third-order valence-corrected chi connectivity index (χ3v) is 3.76. The standard InChI is InChI=1S/C6H5BrOSe/c7-9-6-3-1-2-5(8)4-6/h1-4,8H. The van der Waals surface area contributed by atoms with Crippen LogP contribution in [0.1, 0.15) is 0 Å². The second-order valence-corrected chi connectivity index (χ2v) is 4.57. The molecule has 0 aliphatic carbocycles. The second kappa shape index (κ2) is 3.25. The van der Waals surface area contributed by atoms with Gasteiger partial charge in [-0.15, -0.1) is 0 Å². The van der Waals surface area contributed by atoms with E-state index in [0.29, 0.717) is 18.9 Å². The van der Waals surface area contributed by atoms with Crippen LogP contribution in [0.3, 0.4) is 0 Å². The maximum absolute atomic E-state index is 8.93. The first-order valence-corrected chi connectivity index (χ1v) is 7.27. The van der Waals surface area contributed by atoms with E-state index in [4.69, 9.17) is 5.11 Å². The van der Waals surface area contributed by atoms with Crippen molar-refractivity contribution in [1.29, 1.82) is 0 Å². The number of hydrogen-bond acceptors (Lipinski definition) is 1. The number of halogens is 1. The first-order chi connectivity index (χ1) is 4.33. The molecule has 0 bridgehead atoms. The molecule has 0 aliphatic rings. The molecule has 0 aromatic heterocycles. The first kappa shape index (κ1) is 7.13. The molecule has 1 N–H and O–H groups in total. The average molecular weight is 252 g/mol. The van der Waals surface area contributed by atoms with Gasteiger partial charge in [0.15, 0.2) is 0 Å². The molecule has 0 spiro atoms. The molecule has 9 heavy (non-hydrogen) atoms. The van der Waals surface area contributed by atoms with Crippen molar-refractivity contribution in [2.24, 2.45) is 0 Å². The molecule has 0 saturated heterocycles. The monoisotopic (exact) mass is 252 g/mol. The fourth-order valence-corrected chi connectivity index (χ4v) is 2.20. The van der Waals surface area contributed by atoms with E-state index in [9.17, 15) is 0 Å². The SMILES string of the molecule is Oc1cccc([Se]Br)c1. The van der Waals surface area contributed by atoms with Gasteiger partial charge in [0.05, 0.1) is 0 Å². The van der Waals surface area contributed by atoms with E-state index in [1.807, 2.05) is 12.1 Å². The van der Waals surface area contributed by atoms with Crippen LogP contribution in [0.2, 0.25) is 0 Å². The first-order valence-electron chi connectivity index (χ1n) is 2.40. The van der Waals surface area contributed by atoms with E-state index in [1.54, 1.807) is 12.1 Å². The van der Waals surface area contributed by atoms with Gasteiger partial charge in [-0.1, -0.05) is 0 Å². The molecule has 0 heterocycles. The number of aromatic hydroxyl groups is 1. The average Bonchev–Trinajstić information content (AvgIpc) is 1.88. The van der Waals surface area contributed by atoms with Gasteiger partial charge in [0.25, 0.3) is 0 Å². The third kappa shape index (κ3) is 2.01. The molecule has 1 aromatic carbocycles. The predicted molar refractivity (Wildman–Crippen MR) is 42.4 cm³/mol. The van der Waals surface area contributed by atoms with Gasteiger partial charge >= 0.3 is 66.8 Å². The quantitative estimate of drug-likeness (QED) is 0.740. The van der Waals surface area contributed by atoms with Gasteiger partial charge < -0.3 is 0 Å². The zero-order valence-electron chi connectivity index (χ0n) is 4.54. The Morgan fingerprint density at radius 3 is 2.67 bits per heavy atom. The summed E-state index contributed by atoms with van der Waals surface area (Å²) in [6, 6.07) is 7.25. The van der Waals surface area contributed by atoms with E-state index in [-0.39, 0.29) is 0 Å². The van der Waals surface area contributed by atoms with Gasteiger partial charge in [-0.3, -0.25) is 0 Å². The van der Waals surface area contributed by atoms with Gasteiger partial charge in [0, 0.05) is 0 Å². The summed E-state index contributed by atoms with van der Waals surface area (Å²) < 4.78 is 1.16. The van der Waals surface area contributed by atoms with Gasteiger partial charge in [-0.05, 0) is 0 Å². The van der Waals surface area contributed by atoms with E-state index < -0.39 is 0 Å². The number of hydrogen-bond donors (Lipinski definition) is 1. The van der Waals surface area contributed by atoms with Crippen LogP contribution in [-0.4, -0.2) is 18.3 Å². The summed E-state index contributed by atoms with van der Waals surface area (Å²) in [5.41, 5.74) is 0. The minimum atomic E-state index is 0.311. The summed E-state index contributed by atoms with van der Waals surface area (Å²) in [4.78, 5) is 0. The van der Waals surface area contributed by atoms with Crippen LogP contribution in [0.15, 0.2) is 24.3 Å². The summed E-state index contributed by atoms with van der Waals surface area (Å²) in [6.45, 7) is 0. The molecule has 48 valence electrons.